The van der Waals surface area contributed by atoms with Crippen molar-refractivity contribution >= 4 is 23.5 Å². The van der Waals surface area contributed by atoms with Crippen molar-refractivity contribution in [3.05, 3.63) is 18.0 Å². The largest absolute Gasteiger partial charge is 0.308 e. The van der Waals surface area contributed by atoms with Gasteiger partial charge in [0.1, 0.15) is 0 Å². The summed E-state index contributed by atoms with van der Waals surface area (Å²) in [6, 6.07) is 2.54. The first-order valence-corrected chi connectivity index (χ1v) is 8.78. The molecule has 0 aliphatic carbocycles. The number of rotatable bonds is 5. The van der Waals surface area contributed by atoms with E-state index in [1.54, 1.807) is 0 Å². The minimum absolute atomic E-state index is 0.388. The van der Waals surface area contributed by atoms with Crippen LogP contribution in [0.3, 0.4) is 0 Å². The molecular weight excluding hydrogens is 262 g/mol. The van der Waals surface area contributed by atoms with Crippen LogP contribution in [0.1, 0.15) is 32.0 Å². The average molecular weight is 285 g/mol. The zero-order valence-corrected chi connectivity index (χ0v) is 13.1. The highest BCUT2D eigenvalue weighted by atomic mass is 32.2. The fraction of sp³-hybridized carbons (Fsp3) is 0.769. The molecule has 0 saturated carbocycles. The molecule has 0 spiro atoms. The van der Waals surface area contributed by atoms with Crippen LogP contribution in [0.2, 0.25) is 0 Å². The van der Waals surface area contributed by atoms with E-state index in [9.17, 15) is 0 Å². The molecule has 1 fully saturated rings. The summed E-state index contributed by atoms with van der Waals surface area (Å²) in [6.45, 7) is 5.63. The number of nitrogens with one attached hydrogen (secondary N) is 1. The number of thioether (sulfide) groups is 2. The lowest BCUT2D eigenvalue weighted by atomic mass is 10.1. The van der Waals surface area contributed by atoms with Gasteiger partial charge in [0.2, 0.25) is 0 Å². The van der Waals surface area contributed by atoms with Gasteiger partial charge in [-0.15, -0.1) is 0 Å². The highest BCUT2D eigenvalue weighted by Gasteiger charge is 2.32. The maximum Gasteiger partial charge on any atom is 0.0805 e. The van der Waals surface area contributed by atoms with Gasteiger partial charge in [0.15, 0.2) is 0 Å². The van der Waals surface area contributed by atoms with Crippen LogP contribution >= 0.6 is 23.5 Å². The van der Waals surface area contributed by atoms with Crippen molar-refractivity contribution in [3.63, 3.8) is 0 Å². The molecule has 1 aliphatic rings. The molecular formula is C13H23N3S2. The minimum Gasteiger partial charge on any atom is -0.308 e. The fourth-order valence-electron chi connectivity index (χ4n) is 2.30. The molecule has 102 valence electrons. The second-order valence-corrected chi connectivity index (χ2v) is 7.53. The molecule has 1 aromatic rings. The van der Waals surface area contributed by atoms with Gasteiger partial charge < -0.3 is 5.32 Å². The lowest BCUT2D eigenvalue weighted by Gasteiger charge is -2.34. The van der Waals surface area contributed by atoms with E-state index in [1.807, 2.05) is 17.9 Å². The van der Waals surface area contributed by atoms with Crippen LogP contribution in [0.25, 0.3) is 0 Å². The monoisotopic (exact) mass is 285 g/mol. The van der Waals surface area contributed by atoms with Crippen LogP contribution < -0.4 is 5.32 Å². The molecule has 1 aromatic heterocycles. The first kappa shape index (κ1) is 14.3. The van der Waals surface area contributed by atoms with Crippen molar-refractivity contribution in [2.45, 2.75) is 36.8 Å². The van der Waals surface area contributed by atoms with Crippen molar-refractivity contribution in [2.24, 2.45) is 7.05 Å². The van der Waals surface area contributed by atoms with Crippen molar-refractivity contribution in [2.75, 3.05) is 18.1 Å². The Kier molecular flexibility index (Phi) is 5.45. The normalized spacial score (nSPS) is 26.2. The SMILES string of the molecule is CCCNC(c1ccn(C)n1)C1SCCSC1C. The van der Waals surface area contributed by atoms with Gasteiger partial charge in [-0.3, -0.25) is 4.68 Å². The van der Waals surface area contributed by atoms with Gasteiger partial charge in [0.05, 0.1) is 11.7 Å². The Balaban J connectivity index is 2.13. The predicted octanol–water partition coefficient (Wildman–Crippen LogP) is 2.70. The van der Waals surface area contributed by atoms with Gasteiger partial charge in [-0.25, -0.2) is 0 Å². The number of nitrogens with zero attached hydrogens (tertiary/aromatic N) is 2. The quantitative estimate of drug-likeness (QED) is 0.901. The van der Waals surface area contributed by atoms with E-state index in [1.165, 1.54) is 23.6 Å². The van der Waals surface area contributed by atoms with Gasteiger partial charge in [0.25, 0.3) is 0 Å². The summed E-state index contributed by atoms with van der Waals surface area (Å²) >= 11 is 4.20. The van der Waals surface area contributed by atoms with Crippen molar-refractivity contribution in [1.29, 1.82) is 0 Å². The molecule has 18 heavy (non-hydrogen) atoms. The molecule has 1 saturated heterocycles. The minimum atomic E-state index is 0.388. The Morgan fingerprint density at radius 2 is 2.28 bits per heavy atom. The van der Waals surface area contributed by atoms with Gasteiger partial charge in [-0.05, 0) is 19.0 Å². The van der Waals surface area contributed by atoms with Gasteiger partial charge in [0, 0.05) is 35.3 Å². The molecule has 0 radical (unpaired) electrons. The summed E-state index contributed by atoms with van der Waals surface area (Å²) in [7, 11) is 1.99. The molecule has 0 amide bonds. The standard InChI is InChI=1S/C13H23N3S2/c1-4-6-14-12(11-5-7-16(3)15-11)13-10(2)17-8-9-18-13/h5,7,10,12-14H,4,6,8-9H2,1-3H3. The van der Waals surface area contributed by atoms with Crippen molar-refractivity contribution < 1.29 is 0 Å². The van der Waals surface area contributed by atoms with Crippen LogP contribution in [-0.4, -0.2) is 38.3 Å². The van der Waals surface area contributed by atoms with Crippen LogP contribution in [-0.2, 0) is 7.05 Å². The molecule has 1 aliphatic heterocycles. The first-order chi connectivity index (χ1) is 8.72. The van der Waals surface area contributed by atoms with Crippen LogP contribution in [0.4, 0.5) is 0 Å². The van der Waals surface area contributed by atoms with Crippen molar-refractivity contribution in [1.82, 2.24) is 15.1 Å². The predicted molar refractivity (Wildman–Crippen MR) is 82.4 cm³/mol. The van der Waals surface area contributed by atoms with Gasteiger partial charge in [-0.2, -0.15) is 28.6 Å². The summed E-state index contributed by atoms with van der Waals surface area (Å²) in [4.78, 5) is 0. The van der Waals surface area contributed by atoms with E-state index < -0.39 is 0 Å². The maximum atomic E-state index is 4.61. The smallest absolute Gasteiger partial charge is 0.0805 e. The third-order valence-corrected chi connectivity index (χ3v) is 6.43. The number of hydrogen-bond acceptors (Lipinski definition) is 4. The summed E-state index contributed by atoms with van der Waals surface area (Å²) in [6.07, 6.45) is 3.21. The van der Waals surface area contributed by atoms with E-state index >= 15 is 0 Å². The molecule has 3 nitrogen and oxygen atoms in total. The molecule has 2 rings (SSSR count). The van der Waals surface area contributed by atoms with E-state index in [0.717, 1.165) is 6.54 Å². The second-order valence-electron chi connectivity index (χ2n) is 4.76. The fourth-order valence-corrected chi connectivity index (χ4v) is 5.23. The van der Waals surface area contributed by atoms with Crippen molar-refractivity contribution in [3.8, 4) is 0 Å². The zero-order chi connectivity index (χ0) is 13.0. The number of aryl methyl sites for hydroxylation is 1. The van der Waals surface area contributed by atoms with Crippen LogP contribution in [0.15, 0.2) is 12.3 Å². The molecule has 1 N–H and O–H groups in total. The highest BCUT2D eigenvalue weighted by Crippen LogP contribution is 2.38. The Bertz CT molecular complexity index is 367. The highest BCUT2D eigenvalue weighted by molar-refractivity contribution is 8.07. The first-order valence-electron chi connectivity index (χ1n) is 6.68. The summed E-state index contributed by atoms with van der Waals surface area (Å²) in [5.74, 6) is 2.54. The van der Waals surface area contributed by atoms with Crippen LogP contribution in [0, 0.1) is 0 Å². The maximum absolute atomic E-state index is 4.61. The number of hydrogen-bond donors (Lipinski definition) is 1. The van der Waals surface area contributed by atoms with E-state index in [2.05, 4.69) is 53.9 Å². The molecule has 3 atom stereocenters. The molecule has 2 heterocycles. The van der Waals surface area contributed by atoms with E-state index in [4.69, 9.17) is 0 Å². The zero-order valence-electron chi connectivity index (χ0n) is 11.4. The van der Waals surface area contributed by atoms with E-state index in [0.29, 0.717) is 16.5 Å². The number of aromatic nitrogens is 2. The Hall–Kier alpha value is -0.130. The summed E-state index contributed by atoms with van der Waals surface area (Å²) in [5, 5.41) is 9.62. The molecule has 0 bridgehead atoms. The average Bonchev–Trinajstić information content (AvgIpc) is 2.78. The second kappa shape index (κ2) is 6.87. The lowest BCUT2D eigenvalue weighted by Crippen LogP contribution is -2.38. The third kappa shape index (κ3) is 3.45. The molecule has 5 heteroatoms. The Morgan fingerprint density at radius 3 is 2.89 bits per heavy atom. The van der Waals surface area contributed by atoms with Gasteiger partial charge in [-0.1, -0.05) is 13.8 Å². The topological polar surface area (TPSA) is 29.9 Å². The Morgan fingerprint density at radius 1 is 1.50 bits per heavy atom. The summed E-state index contributed by atoms with van der Waals surface area (Å²) in [5.41, 5.74) is 1.19. The lowest BCUT2D eigenvalue weighted by molar-refractivity contribution is 0.492. The molecule has 0 aromatic carbocycles. The summed E-state index contributed by atoms with van der Waals surface area (Å²) < 4.78 is 1.90. The molecule has 3 unspecified atom stereocenters. The van der Waals surface area contributed by atoms with Crippen LogP contribution in [0.5, 0.6) is 0 Å². The van der Waals surface area contributed by atoms with E-state index in [-0.39, 0.29) is 0 Å². The van der Waals surface area contributed by atoms with Gasteiger partial charge >= 0.3 is 0 Å². The third-order valence-electron chi connectivity index (χ3n) is 3.23. The Labute approximate surface area is 118 Å².